The summed E-state index contributed by atoms with van der Waals surface area (Å²) in [7, 11) is 0. The maximum atomic E-state index is 11.9. The molecule has 0 saturated carbocycles. The minimum Gasteiger partial charge on any atom is -0.330 e. The van der Waals surface area contributed by atoms with Crippen molar-refractivity contribution in [3.05, 3.63) is 29.8 Å². The molecule has 4 heteroatoms. The maximum absolute atomic E-state index is 11.9. The molecule has 1 unspecified atom stereocenters. The van der Waals surface area contributed by atoms with Crippen molar-refractivity contribution < 1.29 is 4.79 Å². The van der Waals surface area contributed by atoms with Crippen LogP contribution in [0.3, 0.4) is 0 Å². The molecule has 2 rings (SSSR count). The number of nitrogens with zero attached hydrogens (tertiary/aromatic N) is 1. The molecule has 0 fully saturated rings. The summed E-state index contributed by atoms with van der Waals surface area (Å²) in [4.78, 5) is 13.7. The third kappa shape index (κ3) is 2.20. The van der Waals surface area contributed by atoms with Crippen molar-refractivity contribution in [2.24, 2.45) is 5.73 Å². The van der Waals surface area contributed by atoms with Gasteiger partial charge in [-0.15, -0.1) is 12.4 Å². The van der Waals surface area contributed by atoms with Crippen LogP contribution in [0.25, 0.3) is 0 Å². The Labute approximate surface area is 102 Å². The monoisotopic (exact) mass is 240 g/mol. The van der Waals surface area contributed by atoms with Gasteiger partial charge >= 0.3 is 0 Å². The predicted octanol–water partition coefficient (Wildman–Crippen LogP) is 1.73. The number of rotatable bonds is 2. The van der Waals surface area contributed by atoms with Crippen LogP contribution in [0.1, 0.15) is 18.9 Å². The van der Waals surface area contributed by atoms with Gasteiger partial charge in [0.05, 0.1) is 0 Å². The molecule has 1 aromatic carbocycles. The van der Waals surface area contributed by atoms with Gasteiger partial charge in [0.1, 0.15) is 0 Å². The zero-order valence-electron chi connectivity index (χ0n) is 9.35. The molecule has 2 N–H and O–H groups in total. The van der Waals surface area contributed by atoms with E-state index in [4.69, 9.17) is 5.73 Å². The smallest absolute Gasteiger partial charge is 0.228 e. The zero-order valence-corrected chi connectivity index (χ0v) is 10.2. The minimum absolute atomic E-state index is 0. The summed E-state index contributed by atoms with van der Waals surface area (Å²) in [6, 6.07) is 8.35. The summed E-state index contributed by atoms with van der Waals surface area (Å²) in [5.41, 5.74) is 7.73. The summed E-state index contributed by atoms with van der Waals surface area (Å²) in [6.45, 7) is 2.50. The normalized spacial score (nSPS) is 17.9. The fourth-order valence-corrected chi connectivity index (χ4v) is 2.19. The zero-order chi connectivity index (χ0) is 10.8. The van der Waals surface area contributed by atoms with E-state index in [1.807, 2.05) is 23.1 Å². The van der Waals surface area contributed by atoms with Crippen molar-refractivity contribution in [1.82, 2.24) is 0 Å². The van der Waals surface area contributed by atoms with Crippen LogP contribution >= 0.6 is 12.4 Å². The van der Waals surface area contributed by atoms with E-state index in [0.29, 0.717) is 13.0 Å². The fourth-order valence-electron chi connectivity index (χ4n) is 2.19. The number of nitrogens with two attached hydrogens (primary N) is 1. The molecule has 1 aromatic rings. The second-order valence-electron chi connectivity index (χ2n) is 3.98. The predicted molar refractivity (Wildman–Crippen MR) is 68.0 cm³/mol. The molecule has 3 nitrogen and oxygen atoms in total. The Morgan fingerprint density at radius 2 is 2.19 bits per heavy atom. The number of hydrogen-bond donors (Lipinski definition) is 1. The fraction of sp³-hybridized carbons (Fsp3) is 0.417. The minimum atomic E-state index is 0. The van der Waals surface area contributed by atoms with Gasteiger partial charge in [0, 0.05) is 24.7 Å². The first-order chi connectivity index (χ1) is 7.24. The van der Waals surface area contributed by atoms with Gasteiger partial charge in [-0.1, -0.05) is 18.2 Å². The highest BCUT2D eigenvalue weighted by Gasteiger charge is 2.29. The van der Waals surface area contributed by atoms with Gasteiger partial charge in [-0.05, 0) is 25.0 Å². The molecule has 0 aliphatic carbocycles. The maximum Gasteiger partial charge on any atom is 0.228 e. The van der Waals surface area contributed by atoms with E-state index >= 15 is 0 Å². The molecular weight excluding hydrogens is 224 g/mol. The molecule has 1 aliphatic heterocycles. The summed E-state index contributed by atoms with van der Waals surface area (Å²) in [6.07, 6.45) is 1.38. The number of fused-ring (bicyclic) bond motifs is 1. The van der Waals surface area contributed by atoms with Gasteiger partial charge in [0.25, 0.3) is 0 Å². The molecule has 1 amide bonds. The summed E-state index contributed by atoms with van der Waals surface area (Å²) in [5.74, 6) is 0.134. The van der Waals surface area contributed by atoms with Gasteiger partial charge in [-0.3, -0.25) is 4.79 Å². The van der Waals surface area contributed by atoms with Crippen molar-refractivity contribution in [3.63, 3.8) is 0 Å². The van der Waals surface area contributed by atoms with Crippen molar-refractivity contribution in [2.45, 2.75) is 25.8 Å². The quantitative estimate of drug-likeness (QED) is 0.856. The molecule has 0 bridgehead atoms. The van der Waals surface area contributed by atoms with Crippen LogP contribution in [-0.2, 0) is 11.2 Å². The first-order valence-electron chi connectivity index (χ1n) is 5.34. The average Bonchev–Trinajstić information content (AvgIpc) is 2.54. The van der Waals surface area contributed by atoms with Crippen molar-refractivity contribution in [1.29, 1.82) is 0 Å². The number of carbonyl (C=O) groups is 1. The lowest BCUT2D eigenvalue weighted by atomic mass is 10.1. The van der Waals surface area contributed by atoms with Crippen LogP contribution in [0.2, 0.25) is 0 Å². The number of carbonyl (C=O) groups excluding carboxylic acids is 1. The molecule has 0 aromatic heterocycles. The van der Waals surface area contributed by atoms with Crippen molar-refractivity contribution in [2.75, 3.05) is 11.4 Å². The van der Waals surface area contributed by atoms with Gasteiger partial charge < -0.3 is 10.6 Å². The molecule has 0 radical (unpaired) electrons. The Hall–Kier alpha value is -1.06. The lowest BCUT2D eigenvalue weighted by Crippen LogP contribution is -2.36. The van der Waals surface area contributed by atoms with E-state index in [-0.39, 0.29) is 24.4 Å². The van der Waals surface area contributed by atoms with Crippen LogP contribution in [0.4, 0.5) is 5.69 Å². The Kier molecular flexibility index (Phi) is 4.33. The third-order valence-corrected chi connectivity index (χ3v) is 2.83. The number of para-hydroxylation sites is 1. The van der Waals surface area contributed by atoms with Crippen LogP contribution in [0.5, 0.6) is 0 Å². The van der Waals surface area contributed by atoms with Crippen LogP contribution < -0.4 is 10.6 Å². The van der Waals surface area contributed by atoms with E-state index in [0.717, 1.165) is 12.1 Å². The number of hydrogen-bond acceptors (Lipinski definition) is 2. The highest BCUT2D eigenvalue weighted by Crippen LogP contribution is 2.31. The summed E-state index contributed by atoms with van der Waals surface area (Å²) < 4.78 is 0. The van der Waals surface area contributed by atoms with E-state index < -0.39 is 0 Å². The standard InChI is InChI=1S/C12H16N2O.ClH/c1-9-8-10-4-2-3-5-11(10)14(9)12(15)6-7-13;/h2-5,9H,6-8,13H2,1H3;1H. The molecule has 88 valence electrons. The lowest BCUT2D eigenvalue weighted by Gasteiger charge is -2.22. The molecule has 0 saturated heterocycles. The number of anilines is 1. The highest BCUT2D eigenvalue weighted by atomic mass is 35.5. The average molecular weight is 241 g/mol. The van der Waals surface area contributed by atoms with Gasteiger partial charge in [0.2, 0.25) is 5.91 Å². The SMILES string of the molecule is CC1Cc2ccccc2N1C(=O)CCN.Cl. The van der Waals surface area contributed by atoms with E-state index in [1.165, 1.54) is 5.56 Å². The van der Waals surface area contributed by atoms with Crippen LogP contribution in [0.15, 0.2) is 24.3 Å². The number of amides is 1. The molecule has 1 aliphatic rings. The van der Waals surface area contributed by atoms with Gasteiger partial charge in [-0.2, -0.15) is 0 Å². The van der Waals surface area contributed by atoms with Gasteiger partial charge in [0.15, 0.2) is 0 Å². The summed E-state index contributed by atoms with van der Waals surface area (Å²) >= 11 is 0. The van der Waals surface area contributed by atoms with Crippen LogP contribution in [0, 0.1) is 0 Å². The lowest BCUT2D eigenvalue weighted by molar-refractivity contribution is -0.118. The Bertz CT molecular complexity index is 381. The summed E-state index contributed by atoms with van der Waals surface area (Å²) in [5, 5.41) is 0. The number of halogens is 1. The van der Waals surface area contributed by atoms with Crippen LogP contribution in [-0.4, -0.2) is 18.5 Å². The topological polar surface area (TPSA) is 46.3 Å². The van der Waals surface area contributed by atoms with E-state index in [1.54, 1.807) is 0 Å². The third-order valence-electron chi connectivity index (χ3n) is 2.83. The van der Waals surface area contributed by atoms with E-state index in [2.05, 4.69) is 13.0 Å². The Morgan fingerprint density at radius 1 is 1.50 bits per heavy atom. The van der Waals surface area contributed by atoms with E-state index in [9.17, 15) is 4.79 Å². The first kappa shape index (κ1) is 13.0. The highest BCUT2D eigenvalue weighted by molar-refractivity contribution is 5.96. The second kappa shape index (κ2) is 5.32. The second-order valence-corrected chi connectivity index (χ2v) is 3.98. The Balaban J connectivity index is 0.00000128. The Morgan fingerprint density at radius 3 is 2.88 bits per heavy atom. The van der Waals surface area contributed by atoms with Gasteiger partial charge in [-0.25, -0.2) is 0 Å². The first-order valence-corrected chi connectivity index (χ1v) is 5.34. The molecule has 16 heavy (non-hydrogen) atoms. The van der Waals surface area contributed by atoms with Crippen molar-refractivity contribution in [3.8, 4) is 0 Å². The molecule has 1 heterocycles. The van der Waals surface area contributed by atoms with Crippen molar-refractivity contribution >= 4 is 24.0 Å². The largest absolute Gasteiger partial charge is 0.330 e. The molecule has 0 spiro atoms. The molecular formula is C12H17ClN2O. The number of benzene rings is 1. The molecule has 1 atom stereocenters.